The minimum absolute atomic E-state index is 0.292. The molecule has 0 aliphatic rings. The average Bonchev–Trinajstić information content (AvgIpc) is 2.28. The van der Waals surface area contributed by atoms with Crippen LogP contribution in [0.2, 0.25) is 0 Å². The van der Waals surface area contributed by atoms with E-state index in [0.717, 1.165) is 0 Å². The summed E-state index contributed by atoms with van der Waals surface area (Å²) >= 11 is 6.42. The van der Waals surface area contributed by atoms with E-state index < -0.39 is 0 Å². The van der Waals surface area contributed by atoms with Gasteiger partial charge in [-0.05, 0) is 34.1 Å². The molecule has 88 valence electrons. The minimum atomic E-state index is -0.386. The number of nitrogen functional groups attached to an aromatic ring is 1. The Morgan fingerprint density at radius 1 is 1.24 bits per heavy atom. The molecule has 0 aliphatic carbocycles. The summed E-state index contributed by atoms with van der Waals surface area (Å²) in [5, 5.41) is 2.83. The van der Waals surface area contributed by atoms with Crippen LogP contribution in [0, 0.1) is 5.82 Å². The highest BCUT2D eigenvalue weighted by Gasteiger charge is 2.09. The smallest absolute Gasteiger partial charge is 0.150 e. The van der Waals surface area contributed by atoms with Crippen molar-refractivity contribution < 1.29 is 4.39 Å². The summed E-state index contributed by atoms with van der Waals surface area (Å²) in [7, 11) is 0. The molecular formula is C10H7Br2FN4. The van der Waals surface area contributed by atoms with E-state index in [0.29, 0.717) is 26.3 Å². The van der Waals surface area contributed by atoms with Crippen LogP contribution in [-0.2, 0) is 0 Å². The third-order valence-electron chi connectivity index (χ3n) is 2.00. The number of nitrogens with two attached hydrogens (primary N) is 1. The molecule has 0 aliphatic heterocycles. The van der Waals surface area contributed by atoms with E-state index in [4.69, 9.17) is 5.73 Å². The second kappa shape index (κ2) is 4.97. The van der Waals surface area contributed by atoms with Crippen molar-refractivity contribution >= 4 is 49.2 Å². The number of hydrogen-bond donors (Lipinski definition) is 2. The highest BCUT2D eigenvalue weighted by atomic mass is 79.9. The van der Waals surface area contributed by atoms with Crippen molar-refractivity contribution in [3.63, 3.8) is 0 Å². The molecule has 0 bridgehead atoms. The van der Waals surface area contributed by atoms with E-state index in [2.05, 4.69) is 47.1 Å². The molecule has 0 amide bonds. The first-order valence-corrected chi connectivity index (χ1v) is 6.14. The lowest BCUT2D eigenvalue weighted by molar-refractivity contribution is 0.631. The fourth-order valence-electron chi connectivity index (χ4n) is 1.19. The van der Waals surface area contributed by atoms with E-state index in [-0.39, 0.29) is 5.82 Å². The molecule has 4 nitrogen and oxygen atoms in total. The zero-order valence-corrected chi connectivity index (χ0v) is 11.6. The van der Waals surface area contributed by atoms with Crippen molar-refractivity contribution in [3.05, 3.63) is 39.3 Å². The Morgan fingerprint density at radius 3 is 2.71 bits per heavy atom. The lowest BCUT2D eigenvalue weighted by Gasteiger charge is -2.09. The number of rotatable bonds is 2. The highest BCUT2D eigenvalue weighted by Crippen LogP contribution is 2.28. The second-order valence-electron chi connectivity index (χ2n) is 3.17. The molecular weight excluding hydrogens is 355 g/mol. The normalized spacial score (nSPS) is 10.3. The van der Waals surface area contributed by atoms with Gasteiger partial charge in [-0.15, -0.1) is 0 Å². The predicted molar refractivity (Wildman–Crippen MR) is 71.5 cm³/mol. The number of hydrogen-bond acceptors (Lipinski definition) is 4. The number of anilines is 3. The van der Waals surface area contributed by atoms with Crippen LogP contribution >= 0.6 is 31.9 Å². The number of aromatic nitrogens is 2. The number of halogens is 3. The van der Waals surface area contributed by atoms with Crippen LogP contribution in [0.4, 0.5) is 21.7 Å². The second-order valence-corrected chi connectivity index (χ2v) is 4.88. The van der Waals surface area contributed by atoms with Crippen LogP contribution in [0.3, 0.4) is 0 Å². The standard InChI is InChI=1S/C10H7Br2FN4/c11-5-1-2-7(6(13)3-5)17-10-8(12)9(14)15-4-16-10/h1-4H,(H3,14,15,16,17). The van der Waals surface area contributed by atoms with Crippen LogP contribution in [0.1, 0.15) is 0 Å². The Hall–Kier alpha value is -1.21. The minimum Gasteiger partial charge on any atom is -0.383 e. The molecule has 7 heteroatoms. The van der Waals surface area contributed by atoms with Gasteiger partial charge in [0.15, 0.2) is 0 Å². The molecule has 17 heavy (non-hydrogen) atoms. The van der Waals surface area contributed by atoms with Crippen LogP contribution in [0.5, 0.6) is 0 Å². The molecule has 1 aromatic carbocycles. The van der Waals surface area contributed by atoms with Gasteiger partial charge in [-0.3, -0.25) is 0 Å². The maximum absolute atomic E-state index is 13.6. The molecule has 0 unspecified atom stereocenters. The molecule has 0 radical (unpaired) electrons. The first-order valence-electron chi connectivity index (χ1n) is 4.56. The summed E-state index contributed by atoms with van der Waals surface area (Å²) in [5.74, 6) is 0.321. The maximum Gasteiger partial charge on any atom is 0.150 e. The molecule has 2 aromatic rings. The zero-order chi connectivity index (χ0) is 12.4. The number of nitrogens with one attached hydrogen (secondary N) is 1. The van der Waals surface area contributed by atoms with Gasteiger partial charge in [-0.2, -0.15) is 0 Å². The maximum atomic E-state index is 13.6. The van der Waals surface area contributed by atoms with Crippen molar-refractivity contribution in [1.29, 1.82) is 0 Å². The van der Waals surface area contributed by atoms with Gasteiger partial charge in [-0.1, -0.05) is 15.9 Å². The van der Waals surface area contributed by atoms with Gasteiger partial charge in [0.05, 0.1) is 5.69 Å². The topological polar surface area (TPSA) is 63.8 Å². The zero-order valence-electron chi connectivity index (χ0n) is 8.42. The molecule has 0 saturated carbocycles. The molecule has 1 heterocycles. The summed E-state index contributed by atoms with van der Waals surface area (Å²) in [6.45, 7) is 0. The van der Waals surface area contributed by atoms with Crippen molar-refractivity contribution in [3.8, 4) is 0 Å². The van der Waals surface area contributed by atoms with Crippen molar-refractivity contribution in [2.45, 2.75) is 0 Å². The van der Waals surface area contributed by atoms with Gasteiger partial charge in [0, 0.05) is 4.47 Å². The highest BCUT2D eigenvalue weighted by molar-refractivity contribution is 9.11. The Balaban J connectivity index is 2.35. The fraction of sp³-hybridized carbons (Fsp3) is 0. The summed E-state index contributed by atoms with van der Waals surface area (Å²) in [6.07, 6.45) is 1.30. The van der Waals surface area contributed by atoms with Crippen molar-refractivity contribution in [2.24, 2.45) is 0 Å². The molecule has 1 aromatic heterocycles. The Kier molecular flexibility index (Phi) is 3.58. The van der Waals surface area contributed by atoms with Crippen molar-refractivity contribution in [2.75, 3.05) is 11.1 Å². The Bertz CT molecular complexity index is 562. The van der Waals surface area contributed by atoms with E-state index in [1.165, 1.54) is 12.4 Å². The van der Waals surface area contributed by atoms with Gasteiger partial charge in [0.25, 0.3) is 0 Å². The Labute approximate surface area is 114 Å². The molecule has 3 N–H and O–H groups in total. The SMILES string of the molecule is Nc1ncnc(Nc2ccc(Br)cc2F)c1Br. The third-order valence-corrected chi connectivity index (χ3v) is 3.28. The fourth-order valence-corrected chi connectivity index (χ4v) is 1.83. The van der Waals surface area contributed by atoms with Crippen molar-refractivity contribution in [1.82, 2.24) is 9.97 Å². The first kappa shape index (κ1) is 12.3. The van der Waals surface area contributed by atoms with Gasteiger partial charge >= 0.3 is 0 Å². The number of nitrogens with zero attached hydrogens (tertiary/aromatic N) is 2. The molecule has 0 fully saturated rings. The lowest BCUT2D eigenvalue weighted by Crippen LogP contribution is -2.01. The van der Waals surface area contributed by atoms with Gasteiger partial charge in [0.2, 0.25) is 0 Å². The predicted octanol–water partition coefficient (Wildman–Crippen LogP) is 3.47. The summed E-state index contributed by atoms with van der Waals surface area (Å²) in [4.78, 5) is 7.77. The van der Waals surface area contributed by atoms with E-state index in [1.54, 1.807) is 12.1 Å². The van der Waals surface area contributed by atoms with Crippen LogP contribution in [-0.4, -0.2) is 9.97 Å². The third kappa shape index (κ3) is 2.73. The average molecular weight is 362 g/mol. The molecule has 2 rings (SSSR count). The lowest BCUT2D eigenvalue weighted by atomic mass is 10.3. The monoisotopic (exact) mass is 360 g/mol. The van der Waals surface area contributed by atoms with Gasteiger partial charge in [0.1, 0.15) is 28.3 Å². The molecule has 0 spiro atoms. The summed E-state index contributed by atoms with van der Waals surface area (Å²) in [6, 6.07) is 4.69. The first-order chi connectivity index (χ1) is 8.08. The van der Waals surface area contributed by atoms with E-state index in [1.807, 2.05) is 0 Å². The van der Waals surface area contributed by atoms with E-state index >= 15 is 0 Å². The van der Waals surface area contributed by atoms with Crippen LogP contribution < -0.4 is 11.1 Å². The van der Waals surface area contributed by atoms with Gasteiger partial charge in [-0.25, -0.2) is 14.4 Å². The van der Waals surface area contributed by atoms with E-state index in [9.17, 15) is 4.39 Å². The van der Waals surface area contributed by atoms with Crippen LogP contribution in [0.15, 0.2) is 33.5 Å². The molecule has 0 saturated heterocycles. The summed E-state index contributed by atoms with van der Waals surface area (Å²) in [5.41, 5.74) is 5.91. The van der Waals surface area contributed by atoms with Gasteiger partial charge < -0.3 is 11.1 Å². The largest absolute Gasteiger partial charge is 0.383 e. The summed E-state index contributed by atoms with van der Waals surface area (Å²) < 4.78 is 14.8. The quantitative estimate of drug-likeness (QED) is 0.859. The number of benzene rings is 1. The Morgan fingerprint density at radius 2 is 2.00 bits per heavy atom. The van der Waals surface area contributed by atoms with Crippen LogP contribution in [0.25, 0.3) is 0 Å². The molecule has 0 atom stereocenters.